The molecule has 0 atom stereocenters. The summed E-state index contributed by atoms with van der Waals surface area (Å²) in [5.74, 6) is 0.524. The Kier molecular flexibility index (Phi) is 4.64. The number of hydrogen-bond acceptors (Lipinski definition) is 5. The van der Waals surface area contributed by atoms with Crippen molar-refractivity contribution >= 4 is 5.91 Å². The van der Waals surface area contributed by atoms with E-state index in [-0.39, 0.29) is 11.7 Å². The highest BCUT2D eigenvalue weighted by Crippen LogP contribution is 2.38. The molecule has 1 aromatic carbocycles. The zero-order chi connectivity index (χ0) is 20.7. The lowest BCUT2D eigenvalue weighted by Crippen LogP contribution is -2.45. The van der Waals surface area contributed by atoms with Crippen LogP contribution < -0.4 is 5.32 Å². The van der Waals surface area contributed by atoms with Gasteiger partial charge in [0, 0.05) is 18.2 Å². The van der Waals surface area contributed by atoms with Crippen LogP contribution in [0.1, 0.15) is 72.0 Å². The molecule has 156 valence electrons. The molecule has 1 N–H and O–H groups in total. The van der Waals surface area contributed by atoms with Crippen molar-refractivity contribution in [3.63, 3.8) is 0 Å². The number of amides is 1. The van der Waals surface area contributed by atoms with E-state index in [9.17, 15) is 9.18 Å². The van der Waals surface area contributed by atoms with Crippen molar-refractivity contribution in [2.45, 2.75) is 63.8 Å². The molecular formula is C22H24FN5O2. The number of benzene rings is 1. The SMILES string of the molecule is Cc1nc(C2(NC(=O)c3nn(-c4ccc(F)cc4)c4c3CCCC4)CCCC2)no1. The first kappa shape index (κ1) is 19.0. The summed E-state index contributed by atoms with van der Waals surface area (Å²) in [5, 5.41) is 12.0. The average Bonchev–Trinajstić information content (AvgIpc) is 3.48. The van der Waals surface area contributed by atoms with Crippen LogP contribution in [-0.2, 0) is 18.4 Å². The quantitative estimate of drug-likeness (QED) is 0.709. The second-order valence-corrected chi connectivity index (χ2v) is 8.25. The predicted molar refractivity (Wildman–Crippen MR) is 107 cm³/mol. The molecule has 7 nitrogen and oxygen atoms in total. The Labute approximate surface area is 173 Å². The fourth-order valence-corrected chi connectivity index (χ4v) is 4.73. The van der Waals surface area contributed by atoms with Crippen LogP contribution in [0.5, 0.6) is 0 Å². The van der Waals surface area contributed by atoms with Crippen LogP contribution in [0.2, 0.25) is 0 Å². The zero-order valence-electron chi connectivity index (χ0n) is 16.9. The number of carbonyl (C=O) groups excluding carboxylic acids is 1. The lowest BCUT2D eigenvalue weighted by molar-refractivity contribution is 0.0885. The molecular weight excluding hydrogens is 385 g/mol. The molecule has 0 bridgehead atoms. The summed E-state index contributed by atoms with van der Waals surface area (Å²) in [6.45, 7) is 1.75. The second-order valence-electron chi connectivity index (χ2n) is 8.25. The van der Waals surface area contributed by atoms with Gasteiger partial charge in [0.25, 0.3) is 5.91 Å². The molecule has 2 aromatic heterocycles. The number of carbonyl (C=O) groups is 1. The number of hydrogen-bond donors (Lipinski definition) is 1. The molecule has 0 radical (unpaired) electrons. The predicted octanol–water partition coefficient (Wildman–Crippen LogP) is 3.78. The maximum atomic E-state index is 13.4. The molecule has 8 heteroatoms. The van der Waals surface area contributed by atoms with Crippen LogP contribution in [0.3, 0.4) is 0 Å². The molecule has 0 saturated heterocycles. The van der Waals surface area contributed by atoms with Gasteiger partial charge in [0.15, 0.2) is 11.5 Å². The Hall–Kier alpha value is -3.03. The number of nitrogens with one attached hydrogen (secondary N) is 1. The highest BCUT2D eigenvalue weighted by atomic mass is 19.1. The first-order valence-corrected chi connectivity index (χ1v) is 10.6. The fraction of sp³-hybridized carbons (Fsp3) is 0.455. The monoisotopic (exact) mass is 409 g/mol. The van der Waals surface area contributed by atoms with Crippen molar-refractivity contribution < 1.29 is 13.7 Å². The van der Waals surface area contributed by atoms with Gasteiger partial charge in [-0.25, -0.2) is 9.07 Å². The maximum Gasteiger partial charge on any atom is 0.272 e. The Morgan fingerprint density at radius 1 is 1.13 bits per heavy atom. The van der Waals surface area contributed by atoms with E-state index in [4.69, 9.17) is 4.52 Å². The van der Waals surface area contributed by atoms with E-state index in [0.717, 1.165) is 68.3 Å². The van der Waals surface area contributed by atoms with Crippen LogP contribution in [0.15, 0.2) is 28.8 Å². The Balaban J connectivity index is 1.52. The van der Waals surface area contributed by atoms with Gasteiger partial charge < -0.3 is 9.84 Å². The molecule has 2 aliphatic carbocycles. The normalized spacial score (nSPS) is 17.7. The van der Waals surface area contributed by atoms with E-state index in [1.165, 1.54) is 12.1 Å². The minimum absolute atomic E-state index is 0.210. The standard InChI is InChI=1S/C22H24FN5O2/c1-14-24-21(27-30-14)22(12-4-5-13-22)25-20(29)19-17-6-2-3-7-18(17)28(26-19)16-10-8-15(23)9-11-16/h8-11H,2-7,12-13H2,1H3,(H,25,29). The fourth-order valence-electron chi connectivity index (χ4n) is 4.73. The van der Waals surface area contributed by atoms with Crippen LogP contribution in [-0.4, -0.2) is 25.8 Å². The summed E-state index contributed by atoms with van der Waals surface area (Å²) in [7, 11) is 0. The van der Waals surface area contributed by atoms with Crippen molar-refractivity contribution in [3.8, 4) is 5.69 Å². The third-order valence-electron chi connectivity index (χ3n) is 6.23. The van der Waals surface area contributed by atoms with Gasteiger partial charge in [-0.3, -0.25) is 4.79 Å². The van der Waals surface area contributed by atoms with Gasteiger partial charge in [0.1, 0.15) is 11.4 Å². The molecule has 2 aliphatic rings. The van der Waals surface area contributed by atoms with Crippen molar-refractivity contribution in [3.05, 3.63) is 58.7 Å². The van der Waals surface area contributed by atoms with E-state index in [0.29, 0.717) is 17.4 Å². The molecule has 5 rings (SSSR count). The number of halogens is 1. The molecule has 3 aromatic rings. The van der Waals surface area contributed by atoms with Crippen LogP contribution in [0, 0.1) is 12.7 Å². The van der Waals surface area contributed by atoms with E-state index in [1.807, 2.05) is 0 Å². The van der Waals surface area contributed by atoms with Crippen molar-refractivity contribution in [1.29, 1.82) is 0 Å². The first-order chi connectivity index (χ1) is 14.6. The lowest BCUT2D eigenvalue weighted by Gasteiger charge is -2.26. The van der Waals surface area contributed by atoms with Crippen molar-refractivity contribution in [1.82, 2.24) is 25.2 Å². The number of nitrogens with zero attached hydrogens (tertiary/aromatic N) is 4. The van der Waals surface area contributed by atoms with Crippen molar-refractivity contribution in [2.75, 3.05) is 0 Å². The zero-order valence-corrected chi connectivity index (χ0v) is 16.9. The molecule has 1 saturated carbocycles. The molecule has 0 unspecified atom stereocenters. The summed E-state index contributed by atoms with van der Waals surface area (Å²) in [6.07, 6.45) is 7.28. The van der Waals surface area contributed by atoms with Gasteiger partial charge in [-0.1, -0.05) is 18.0 Å². The number of aromatic nitrogens is 4. The van der Waals surface area contributed by atoms with Crippen molar-refractivity contribution in [2.24, 2.45) is 0 Å². The van der Waals surface area contributed by atoms with E-state index in [2.05, 4.69) is 20.6 Å². The van der Waals surface area contributed by atoms with Crippen LogP contribution in [0.25, 0.3) is 5.69 Å². The number of rotatable bonds is 4. The molecule has 2 heterocycles. The topological polar surface area (TPSA) is 85.8 Å². The average molecular weight is 409 g/mol. The molecule has 1 amide bonds. The molecule has 30 heavy (non-hydrogen) atoms. The van der Waals surface area contributed by atoms with Gasteiger partial charge in [-0.2, -0.15) is 10.1 Å². The Bertz CT molecular complexity index is 1080. The summed E-state index contributed by atoms with van der Waals surface area (Å²) in [5.41, 5.74) is 2.61. The van der Waals surface area contributed by atoms with Crippen LogP contribution >= 0.6 is 0 Å². The van der Waals surface area contributed by atoms with Gasteiger partial charge in [-0.15, -0.1) is 0 Å². The largest absolute Gasteiger partial charge is 0.340 e. The highest BCUT2D eigenvalue weighted by Gasteiger charge is 2.42. The minimum Gasteiger partial charge on any atom is -0.340 e. The van der Waals surface area contributed by atoms with Gasteiger partial charge >= 0.3 is 0 Å². The maximum absolute atomic E-state index is 13.4. The summed E-state index contributed by atoms with van der Waals surface area (Å²) >= 11 is 0. The minimum atomic E-state index is -0.615. The van der Waals surface area contributed by atoms with Gasteiger partial charge in [-0.05, 0) is 62.8 Å². The second kappa shape index (κ2) is 7.34. The summed E-state index contributed by atoms with van der Waals surface area (Å²) in [4.78, 5) is 17.8. The van der Waals surface area contributed by atoms with E-state index in [1.54, 1.807) is 23.7 Å². The smallest absolute Gasteiger partial charge is 0.272 e. The van der Waals surface area contributed by atoms with E-state index >= 15 is 0 Å². The third-order valence-corrected chi connectivity index (χ3v) is 6.23. The number of fused-ring (bicyclic) bond motifs is 1. The summed E-state index contributed by atoms with van der Waals surface area (Å²) < 4.78 is 20.4. The Morgan fingerprint density at radius 2 is 1.87 bits per heavy atom. The summed E-state index contributed by atoms with van der Waals surface area (Å²) in [6, 6.07) is 6.22. The first-order valence-electron chi connectivity index (χ1n) is 10.6. The molecule has 1 fully saturated rings. The molecule has 0 aliphatic heterocycles. The van der Waals surface area contributed by atoms with E-state index < -0.39 is 5.54 Å². The lowest BCUT2D eigenvalue weighted by atomic mass is 9.93. The third kappa shape index (κ3) is 3.20. The van der Waals surface area contributed by atoms with Gasteiger partial charge in [0.05, 0.1) is 5.69 Å². The highest BCUT2D eigenvalue weighted by molar-refractivity contribution is 5.94. The van der Waals surface area contributed by atoms with Crippen LogP contribution in [0.4, 0.5) is 4.39 Å². The Morgan fingerprint density at radius 3 is 2.57 bits per heavy atom. The van der Waals surface area contributed by atoms with Gasteiger partial charge in [0.2, 0.25) is 5.89 Å². The number of aryl methyl sites for hydroxylation is 1. The molecule has 0 spiro atoms.